The number of thioether (sulfide) groups is 1. The van der Waals surface area contributed by atoms with Crippen molar-refractivity contribution in [3.63, 3.8) is 0 Å². The molecule has 2 heterocycles. The molecule has 3 nitrogen and oxygen atoms in total. The van der Waals surface area contributed by atoms with Crippen molar-refractivity contribution in [1.29, 1.82) is 0 Å². The first-order valence-corrected chi connectivity index (χ1v) is 6.47. The van der Waals surface area contributed by atoms with Gasteiger partial charge in [-0.05, 0) is 38.1 Å². The molecule has 0 aliphatic carbocycles. The monoisotopic (exact) mass is 215 g/mol. The molecule has 0 unspecified atom stereocenters. The zero-order chi connectivity index (χ0) is 9.97. The lowest BCUT2D eigenvalue weighted by Gasteiger charge is -2.34. The number of carbonyl (C=O) groups is 1. The number of carboxylic acids is 1. The van der Waals surface area contributed by atoms with Crippen LogP contribution < -0.4 is 0 Å². The predicted molar refractivity (Wildman–Crippen MR) is 57.7 cm³/mol. The largest absolute Gasteiger partial charge is 0.481 e. The maximum atomic E-state index is 10.8. The van der Waals surface area contributed by atoms with Crippen LogP contribution in [0.25, 0.3) is 0 Å². The molecule has 0 aromatic heterocycles. The third-order valence-corrected chi connectivity index (χ3v) is 4.45. The number of aliphatic carboxylic acids is 1. The maximum Gasteiger partial charge on any atom is 0.306 e. The fourth-order valence-electron chi connectivity index (χ4n) is 2.32. The summed E-state index contributed by atoms with van der Waals surface area (Å²) in [6, 6.07) is 0.731. The normalized spacial score (nSPS) is 30.7. The van der Waals surface area contributed by atoms with Crippen LogP contribution in [0.1, 0.15) is 19.3 Å². The van der Waals surface area contributed by atoms with E-state index < -0.39 is 5.97 Å². The molecule has 0 radical (unpaired) electrons. The van der Waals surface area contributed by atoms with E-state index in [-0.39, 0.29) is 5.92 Å². The quantitative estimate of drug-likeness (QED) is 0.753. The highest BCUT2D eigenvalue weighted by molar-refractivity contribution is 7.99. The maximum absolute atomic E-state index is 10.8. The highest BCUT2D eigenvalue weighted by Gasteiger charge is 2.29. The second-order valence-electron chi connectivity index (χ2n) is 4.17. The minimum atomic E-state index is -0.606. The van der Waals surface area contributed by atoms with Gasteiger partial charge in [0.15, 0.2) is 0 Å². The zero-order valence-corrected chi connectivity index (χ0v) is 9.13. The van der Waals surface area contributed by atoms with Crippen molar-refractivity contribution in [1.82, 2.24) is 4.90 Å². The number of carboxylic acid groups (broad SMARTS) is 1. The van der Waals surface area contributed by atoms with Gasteiger partial charge < -0.3 is 5.11 Å². The molecule has 4 heteroatoms. The van der Waals surface area contributed by atoms with E-state index in [9.17, 15) is 4.79 Å². The van der Waals surface area contributed by atoms with E-state index in [0.717, 1.165) is 32.0 Å². The van der Waals surface area contributed by atoms with Gasteiger partial charge in [0.2, 0.25) is 0 Å². The van der Waals surface area contributed by atoms with Crippen molar-refractivity contribution < 1.29 is 9.90 Å². The Kier molecular flexibility index (Phi) is 3.34. The molecule has 2 fully saturated rings. The van der Waals surface area contributed by atoms with Crippen LogP contribution in [0.5, 0.6) is 0 Å². The van der Waals surface area contributed by atoms with Gasteiger partial charge in [-0.25, -0.2) is 0 Å². The molecule has 2 aliphatic rings. The molecular weight excluding hydrogens is 198 g/mol. The van der Waals surface area contributed by atoms with E-state index in [1.54, 1.807) is 0 Å². The minimum Gasteiger partial charge on any atom is -0.481 e. The van der Waals surface area contributed by atoms with E-state index in [1.807, 2.05) is 11.8 Å². The molecule has 2 rings (SSSR count). The highest BCUT2D eigenvalue weighted by atomic mass is 32.2. The van der Waals surface area contributed by atoms with Crippen LogP contribution in [0.3, 0.4) is 0 Å². The molecule has 80 valence electrons. The number of hydrogen-bond acceptors (Lipinski definition) is 3. The first-order valence-electron chi connectivity index (χ1n) is 5.32. The van der Waals surface area contributed by atoms with Crippen LogP contribution in [0.2, 0.25) is 0 Å². The van der Waals surface area contributed by atoms with E-state index in [1.165, 1.54) is 17.9 Å². The number of nitrogens with zero attached hydrogens (tertiary/aromatic N) is 1. The van der Waals surface area contributed by atoms with Gasteiger partial charge in [0.25, 0.3) is 0 Å². The average molecular weight is 215 g/mol. The van der Waals surface area contributed by atoms with Gasteiger partial charge in [-0.2, -0.15) is 11.8 Å². The number of likely N-dealkylation sites (tertiary alicyclic amines) is 1. The molecule has 2 saturated heterocycles. The Hall–Kier alpha value is -0.220. The summed E-state index contributed by atoms with van der Waals surface area (Å²) in [5.74, 6) is 1.84. The molecule has 0 bridgehead atoms. The van der Waals surface area contributed by atoms with Gasteiger partial charge in [0.05, 0.1) is 5.92 Å². The molecule has 0 spiro atoms. The minimum absolute atomic E-state index is 0.0830. The van der Waals surface area contributed by atoms with E-state index in [4.69, 9.17) is 5.11 Å². The summed E-state index contributed by atoms with van der Waals surface area (Å²) < 4.78 is 0. The van der Waals surface area contributed by atoms with E-state index in [0.29, 0.717) is 0 Å². The summed E-state index contributed by atoms with van der Waals surface area (Å²) in [4.78, 5) is 13.2. The summed E-state index contributed by atoms with van der Waals surface area (Å²) in [6.45, 7) is 1.98. The lowest BCUT2D eigenvalue weighted by molar-refractivity contribution is -0.143. The van der Waals surface area contributed by atoms with Crippen LogP contribution in [0, 0.1) is 5.92 Å². The Morgan fingerprint density at radius 2 is 2.00 bits per heavy atom. The van der Waals surface area contributed by atoms with Crippen LogP contribution in [-0.2, 0) is 4.79 Å². The fourth-order valence-corrected chi connectivity index (χ4v) is 3.58. The third-order valence-electron chi connectivity index (χ3n) is 3.30. The first kappa shape index (κ1) is 10.3. The molecule has 0 amide bonds. The molecule has 0 aromatic rings. The van der Waals surface area contributed by atoms with Gasteiger partial charge in [-0.1, -0.05) is 0 Å². The van der Waals surface area contributed by atoms with Gasteiger partial charge >= 0.3 is 5.97 Å². The summed E-state index contributed by atoms with van der Waals surface area (Å²) in [7, 11) is 0. The lowest BCUT2D eigenvalue weighted by atomic mass is 9.96. The standard InChI is InChI=1S/C10H17NO2S/c12-10(13)8-1-4-11(5-2-8)9-3-6-14-7-9/h8-9H,1-7H2,(H,12,13)/t9-/m0/s1. The predicted octanol–water partition coefficient (Wildman–Crippen LogP) is 1.29. The fraction of sp³-hybridized carbons (Fsp3) is 0.900. The summed E-state index contributed by atoms with van der Waals surface area (Å²) in [5, 5.41) is 8.87. The molecule has 0 saturated carbocycles. The Labute approximate surface area is 88.9 Å². The second-order valence-corrected chi connectivity index (χ2v) is 5.32. The van der Waals surface area contributed by atoms with Gasteiger partial charge in [0, 0.05) is 11.8 Å². The third kappa shape index (κ3) is 2.23. The zero-order valence-electron chi connectivity index (χ0n) is 8.32. The Bertz CT molecular complexity index is 208. The first-order chi connectivity index (χ1) is 6.77. The van der Waals surface area contributed by atoms with Crippen molar-refractivity contribution >= 4 is 17.7 Å². The van der Waals surface area contributed by atoms with Crippen molar-refractivity contribution in [2.24, 2.45) is 5.92 Å². The highest BCUT2D eigenvalue weighted by Crippen LogP contribution is 2.26. The smallest absolute Gasteiger partial charge is 0.306 e. The number of hydrogen-bond donors (Lipinski definition) is 1. The Balaban J connectivity index is 1.80. The topological polar surface area (TPSA) is 40.5 Å². The Morgan fingerprint density at radius 1 is 1.29 bits per heavy atom. The molecule has 2 aliphatic heterocycles. The number of rotatable bonds is 2. The van der Waals surface area contributed by atoms with Crippen LogP contribution in [0.15, 0.2) is 0 Å². The van der Waals surface area contributed by atoms with Crippen LogP contribution in [0.4, 0.5) is 0 Å². The van der Waals surface area contributed by atoms with Crippen molar-refractivity contribution in [2.75, 3.05) is 24.6 Å². The van der Waals surface area contributed by atoms with Gasteiger partial charge in [-0.3, -0.25) is 9.69 Å². The SMILES string of the molecule is O=C(O)C1CCN([C@H]2CCSC2)CC1. The van der Waals surface area contributed by atoms with E-state index >= 15 is 0 Å². The molecule has 1 atom stereocenters. The van der Waals surface area contributed by atoms with Crippen molar-refractivity contribution in [3.8, 4) is 0 Å². The molecule has 14 heavy (non-hydrogen) atoms. The van der Waals surface area contributed by atoms with Crippen LogP contribution in [-0.4, -0.2) is 46.6 Å². The average Bonchev–Trinajstić information content (AvgIpc) is 2.71. The second kappa shape index (κ2) is 4.53. The van der Waals surface area contributed by atoms with Gasteiger partial charge in [0.1, 0.15) is 0 Å². The van der Waals surface area contributed by atoms with E-state index in [2.05, 4.69) is 4.90 Å². The van der Waals surface area contributed by atoms with Gasteiger partial charge in [-0.15, -0.1) is 0 Å². The number of piperidine rings is 1. The molecular formula is C10H17NO2S. The summed E-state index contributed by atoms with van der Waals surface area (Å²) >= 11 is 2.02. The Morgan fingerprint density at radius 3 is 2.50 bits per heavy atom. The van der Waals surface area contributed by atoms with Crippen molar-refractivity contribution in [2.45, 2.75) is 25.3 Å². The molecule has 0 aromatic carbocycles. The van der Waals surface area contributed by atoms with Crippen LogP contribution >= 0.6 is 11.8 Å². The van der Waals surface area contributed by atoms with Crippen molar-refractivity contribution in [3.05, 3.63) is 0 Å². The summed E-state index contributed by atoms with van der Waals surface area (Å²) in [5.41, 5.74) is 0. The molecule has 1 N–H and O–H groups in total. The lowest BCUT2D eigenvalue weighted by Crippen LogP contribution is -2.42. The summed E-state index contributed by atoms with van der Waals surface area (Å²) in [6.07, 6.45) is 2.98.